The molecule has 1 saturated carbocycles. The van der Waals surface area contributed by atoms with Crippen LogP contribution in [-0.2, 0) is 0 Å². The van der Waals surface area contributed by atoms with Crippen LogP contribution in [-0.4, -0.2) is 25.5 Å². The summed E-state index contributed by atoms with van der Waals surface area (Å²) in [5, 5.41) is 2.70. The first-order valence-electron chi connectivity index (χ1n) is 7.05. The predicted octanol–water partition coefficient (Wildman–Crippen LogP) is 2.40. The van der Waals surface area contributed by atoms with Crippen molar-refractivity contribution in [3.05, 3.63) is 23.8 Å². The summed E-state index contributed by atoms with van der Waals surface area (Å²) >= 11 is 0. The van der Waals surface area contributed by atoms with Crippen molar-refractivity contribution >= 4 is 17.3 Å². The van der Waals surface area contributed by atoms with E-state index in [-0.39, 0.29) is 5.91 Å². The van der Waals surface area contributed by atoms with Gasteiger partial charge in [-0.05, 0) is 38.0 Å². The summed E-state index contributed by atoms with van der Waals surface area (Å²) in [4.78, 5) is 14.3. The second-order valence-corrected chi connectivity index (χ2v) is 5.08. The van der Waals surface area contributed by atoms with E-state index in [4.69, 9.17) is 5.73 Å². The van der Waals surface area contributed by atoms with Crippen LogP contribution in [0.5, 0.6) is 0 Å². The Morgan fingerprint density at radius 2 is 2.11 bits per heavy atom. The van der Waals surface area contributed by atoms with Gasteiger partial charge in [-0.15, -0.1) is 0 Å². The van der Waals surface area contributed by atoms with Crippen molar-refractivity contribution in [2.24, 2.45) is 0 Å². The molecule has 3 N–H and O–H groups in total. The molecule has 0 radical (unpaired) electrons. The first-order valence-corrected chi connectivity index (χ1v) is 7.05. The molecule has 1 fully saturated rings. The second-order valence-electron chi connectivity index (χ2n) is 5.08. The number of amides is 1. The van der Waals surface area contributed by atoms with E-state index in [1.807, 2.05) is 12.1 Å². The monoisotopic (exact) mass is 261 g/mol. The fourth-order valence-electron chi connectivity index (χ4n) is 2.95. The van der Waals surface area contributed by atoms with Gasteiger partial charge in [0.2, 0.25) is 0 Å². The molecule has 4 heteroatoms. The fourth-order valence-corrected chi connectivity index (χ4v) is 2.95. The van der Waals surface area contributed by atoms with Gasteiger partial charge >= 0.3 is 0 Å². The van der Waals surface area contributed by atoms with Gasteiger partial charge in [0.15, 0.2) is 0 Å². The maximum Gasteiger partial charge on any atom is 0.253 e. The summed E-state index contributed by atoms with van der Waals surface area (Å²) < 4.78 is 0. The molecule has 0 heterocycles. The third-order valence-corrected chi connectivity index (χ3v) is 3.91. The van der Waals surface area contributed by atoms with Gasteiger partial charge in [-0.2, -0.15) is 0 Å². The normalized spacial score (nSPS) is 15.5. The van der Waals surface area contributed by atoms with E-state index in [0.29, 0.717) is 17.3 Å². The van der Waals surface area contributed by atoms with Crippen LogP contribution in [0, 0.1) is 0 Å². The van der Waals surface area contributed by atoms with Gasteiger partial charge in [0.05, 0.1) is 11.3 Å². The predicted molar refractivity (Wildman–Crippen MR) is 79.5 cm³/mol. The summed E-state index contributed by atoms with van der Waals surface area (Å²) in [6.07, 6.45) is 4.96. The van der Waals surface area contributed by atoms with Gasteiger partial charge in [0, 0.05) is 25.3 Å². The summed E-state index contributed by atoms with van der Waals surface area (Å²) in [5.41, 5.74) is 8.29. The Labute approximate surface area is 115 Å². The first-order chi connectivity index (χ1) is 9.17. The fraction of sp³-hybridized carbons (Fsp3) is 0.533. The zero-order valence-corrected chi connectivity index (χ0v) is 11.8. The highest BCUT2D eigenvalue weighted by atomic mass is 16.1. The van der Waals surface area contributed by atoms with Crippen LogP contribution in [0.25, 0.3) is 0 Å². The van der Waals surface area contributed by atoms with E-state index in [1.165, 1.54) is 25.7 Å². The van der Waals surface area contributed by atoms with Crippen molar-refractivity contribution < 1.29 is 4.79 Å². The number of nitrogens with one attached hydrogen (secondary N) is 1. The minimum atomic E-state index is -0.0496. The minimum absolute atomic E-state index is 0.0496. The molecule has 0 aliphatic heterocycles. The maximum atomic E-state index is 12.0. The standard InChI is InChI=1S/C15H23N3O/c1-3-18(12-6-4-5-7-12)14-10-11(16)8-9-13(14)15(19)17-2/h8-10,12H,3-7,16H2,1-2H3,(H,17,19). The molecule has 1 aromatic carbocycles. The lowest BCUT2D eigenvalue weighted by molar-refractivity contribution is 0.0963. The number of hydrogen-bond donors (Lipinski definition) is 2. The highest BCUT2D eigenvalue weighted by molar-refractivity contribution is 6.00. The van der Waals surface area contributed by atoms with Crippen LogP contribution >= 0.6 is 0 Å². The van der Waals surface area contributed by atoms with Crippen LogP contribution in [0.4, 0.5) is 11.4 Å². The topological polar surface area (TPSA) is 58.4 Å². The summed E-state index contributed by atoms with van der Waals surface area (Å²) in [5.74, 6) is -0.0496. The van der Waals surface area contributed by atoms with Crippen molar-refractivity contribution in [1.29, 1.82) is 0 Å². The van der Waals surface area contributed by atoms with Crippen LogP contribution in [0.3, 0.4) is 0 Å². The SMILES string of the molecule is CCN(c1cc(N)ccc1C(=O)NC)C1CCCC1. The Kier molecular flexibility index (Phi) is 4.30. The Hall–Kier alpha value is -1.71. The highest BCUT2D eigenvalue weighted by Crippen LogP contribution is 2.31. The molecule has 1 aliphatic rings. The number of nitrogens with two attached hydrogens (primary N) is 1. The van der Waals surface area contributed by atoms with E-state index < -0.39 is 0 Å². The van der Waals surface area contributed by atoms with Crippen molar-refractivity contribution in [1.82, 2.24) is 5.32 Å². The zero-order chi connectivity index (χ0) is 13.8. The Balaban J connectivity index is 2.39. The second kappa shape index (κ2) is 5.95. The van der Waals surface area contributed by atoms with Gasteiger partial charge in [-0.3, -0.25) is 4.79 Å². The van der Waals surface area contributed by atoms with Gasteiger partial charge in [-0.1, -0.05) is 12.8 Å². The molecule has 1 aromatic rings. The number of carbonyl (C=O) groups excluding carboxylic acids is 1. The molecular weight excluding hydrogens is 238 g/mol. The average Bonchev–Trinajstić information content (AvgIpc) is 2.93. The van der Waals surface area contributed by atoms with Crippen molar-refractivity contribution in [2.45, 2.75) is 38.6 Å². The van der Waals surface area contributed by atoms with E-state index >= 15 is 0 Å². The van der Waals surface area contributed by atoms with Crippen LogP contribution in [0.1, 0.15) is 43.0 Å². The molecule has 0 bridgehead atoms. The minimum Gasteiger partial charge on any atom is -0.399 e. The third-order valence-electron chi connectivity index (χ3n) is 3.91. The Morgan fingerprint density at radius 3 is 2.68 bits per heavy atom. The van der Waals surface area contributed by atoms with Gasteiger partial charge in [-0.25, -0.2) is 0 Å². The van der Waals surface area contributed by atoms with Crippen LogP contribution < -0.4 is 16.0 Å². The average molecular weight is 261 g/mol. The van der Waals surface area contributed by atoms with Crippen molar-refractivity contribution in [3.8, 4) is 0 Å². The molecule has 0 aromatic heterocycles. The van der Waals surface area contributed by atoms with E-state index in [1.54, 1.807) is 13.1 Å². The van der Waals surface area contributed by atoms with Crippen LogP contribution in [0.2, 0.25) is 0 Å². The molecule has 1 amide bonds. The van der Waals surface area contributed by atoms with E-state index in [0.717, 1.165) is 12.2 Å². The Bertz CT molecular complexity index is 453. The molecule has 0 saturated heterocycles. The van der Waals surface area contributed by atoms with Crippen molar-refractivity contribution in [2.75, 3.05) is 24.2 Å². The number of hydrogen-bond acceptors (Lipinski definition) is 3. The molecule has 1 aliphatic carbocycles. The molecule has 0 unspecified atom stereocenters. The molecule has 0 spiro atoms. The lowest BCUT2D eigenvalue weighted by Crippen LogP contribution is -2.35. The quantitative estimate of drug-likeness (QED) is 0.818. The number of benzene rings is 1. The Morgan fingerprint density at radius 1 is 1.42 bits per heavy atom. The first kappa shape index (κ1) is 13.7. The number of anilines is 2. The molecular formula is C15H23N3O. The molecule has 0 atom stereocenters. The summed E-state index contributed by atoms with van der Waals surface area (Å²) in [6.45, 7) is 3.03. The number of nitrogens with zero attached hydrogens (tertiary/aromatic N) is 1. The largest absolute Gasteiger partial charge is 0.399 e. The smallest absolute Gasteiger partial charge is 0.253 e. The number of carbonyl (C=O) groups is 1. The van der Waals surface area contributed by atoms with Gasteiger partial charge in [0.1, 0.15) is 0 Å². The lowest BCUT2D eigenvalue weighted by Gasteiger charge is -2.31. The van der Waals surface area contributed by atoms with Gasteiger partial charge in [0.25, 0.3) is 5.91 Å². The van der Waals surface area contributed by atoms with Crippen molar-refractivity contribution in [3.63, 3.8) is 0 Å². The number of nitrogen functional groups attached to an aromatic ring is 1. The zero-order valence-electron chi connectivity index (χ0n) is 11.8. The molecule has 2 rings (SSSR count). The maximum absolute atomic E-state index is 12.0. The van der Waals surface area contributed by atoms with Gasteiger partial charge < -0.3 is 16.0 Å². The molecule has 4 nitrogen and oxygen atoms in total. The van der Waals surface area contributed by atoms with E-state index in [2.05, 4.69) is 17.1 Å². The summed E-state index contributed by atoms with van der Waals surface area (Å²) in [7, 11) is 1.66. The summed E-state index contributed by atoms with van der Waals surface area (Å²) in [6, 6.07) is 6.07. The molecule has 19 heavy (non-hydrogen) atoms. The highest BCUT2D eigenvalue weighted by Gasteiger charge is 2.24. The molecule has 104 valence electrons. The van der Waals surface area contributed by atoms with E-state index in [9.17, 15) is 4.79 Å². The number of rotatable bonds is 4. The van der Waals surface area contributed by atoms with Crippen LogP contribution in [0.15, 0.2) is 18.2 Å². The third kappa shape index (κ3) is 2.83. The lowest BCUT2D eigenvalue weighted by atomic mass is 10.1.